The molecule has 0 N–H and O–H groups in total. The Bertz CT molecular complexity index is 836. The molecule has 1 aromatic rings. The van der Waals surface area contributed by atoms with Crippen molar-refractivity contribution in [1.82, 2.24) is 0 Å². The fourth-order valence-corrected chi connectivity index (χ4v) is 2.37. The molecule has 1 aromatic carbocycles. The quantitative estimate of drug-likeness (QED) is 0.177. The molecule has 31 heavy (non-hydrogen) atoms. The first kappa shape index (κ1) is 25.3. The molecule has 0 aliphatic heterocycles. The lowest BCUT2D eigenvalue weighted by atomic mass is 10.1. The van der Waals surface area contributed by atoms with Gasteiger partial charge < -0.3 is 24.2 Å². The predicted molar refractivity (Wildman–Crippen MR) is 105 cm³/mol. The van der Waals surface area contributed by atoms with Gasteiger partial charge in [0, 0.05) is 44.9 Å². The van der Waals surface area contributed by atoms with E-state index in [9.17, 15) is 24.4 Å². The van der Waals surface area contributed by atoms with E-state index in [-0.39, 0.29) is 5.69 Å². The number of hydrogen-bond acceptors (Lipinski definition) is 10. The van der Waals surface area contributed by atoms with Gasteiger partial charge in [0.05, 0.1) is 6.20 Å². The molecule has 1 rings (SSSR count). The third-order valence-electron chi connectivity index (χ3n) is 3.49. The number of carbonyl (C=O) groups excluding carboxylic acids is 4. The molecule has 0 bridgehead atoms. The Kier molecular flexibility index (Phi) is 10.4. The van der Waals surface area contributed by atoms with Crippen molar-refractivity contribution < 1.29 is 43.0 Å². The van der Waals surface area contributed by atoms with Crippen LogP contribution in [0, 0.1) is 5.21 Å². The standard InChI is InChI=1S/C20H24N2O9/c1-13(23)28-12-19(30-15(3)25)20(31-16(4)26)18(29-14(2)24)10-11-21-22(27)17-8-6-5-7-9-17/h5-11,18-20H,12H2,1-4H3. The van der Waals surface area contributed by atoms with Gasteiger partial charge in [-0.25, -0.2) is 0 Å². The molecule has 0 fully saturated rings. The molecule has 11 heteroatoms. The van der Waals surface area contributed by atoms with E-state index in [1.807, 2.05) is 0 Å². The highest BCUT2D eigenvalue weighted by atomic mass is 16.6. The van der Waals surface area contributed by atoms with Crippen molar-refractivity contribution in [2.45, 2.75) is 46.0 Å². The second-order valence-corrected chi connectivity index (χ2v) is 6.16. The molecule has 0 spiro atoms. The maximum atomic E-state index is 12.0. The van der Waals surface area contributed by atoms with Crippen LogP contribution in [0.5, 0.6) is 0 Å². The molecule has 0 amide bonds. The number of ether oxygens (including phenoxy) is 4. The number of esters is 4. The molecule has 0 saturated carbocycles. The third kappa shape index (κ3) is 10.0. The molecule has 3 atom stereocenters. The van der Waals surface area contributed by atoms with E-state index in [1.54, 1.807) is 18.2 Å². The average Bonchev–Trinajstić information content (AvgIpc) is 2.68. The number of azo groups is 1. The van der Waals surface area contributed by atoms with Gasteiger partial charge in [-0.1, -0.05) is 23.1 Å². The summed E-state index contributed by atoms with van der Waals surface area (Å²) in [6.07, 6.45) is -1.77. The summed E-state index contributed by atoms with van der Waals surface area (Å²) < 4.78 is 20.3. The zero-order chi connectivity index (χ0) is 23.4. The number of benzene rings is 1. The van der Waals surface area contributed by atoms with Gasteiger partial charge in [0.25, 0.3) is 0 Å². The van der Waals surface area contributed by atoms with Crippen molar-refractivity contribution in [1.29, 1.82) is 0 Å². The van der Waals surface area contributed by atoms with E-state index in [0.717, 1.165) is 33.9 Å². The Hall–Kier alpha value is -3.76. The minimum absolute atomic E-state index is 0.250. The van der Waals surface area contributed by atoms with Crippen LogP contribution in [-0.2, 0) is 38.1 Å². The number of nitrogens with zero attached hydrogens (tertiary/aromatic N) is 2. The van der Waals surface area contributed by atoms with Crippen LogP contribution in [0.2, 0.25) is 0 Å². The summed E-state index contributed by atoms with van der Waals surface area (Å²) in [5.41, 5.74) is 0.250. The first-order chi connectivity index (χ1) is 14.6. The third-order valence-corrected chi connectivity index (χ3v) is 3.49. The molecular formula is C20H24N2O9. The Morgan fingerprint density at radius 3 is 2.03 bits per heavy atom. The molecule has 0 aliphatic carbocycles. The van der Waals surface area contributed by atoms with Crippen molar-refractivity contribution in [3.05, 3.63) is 47.8 Å². The molecule has 168 valence electrons. The average molecular weight is 436 g/mol. The molecule has 0 radical (unpaired) electrons. The van der Waals surface area contributed by atoms with Crippen LogP contribution in [0.4, 0.5) is 5.69 Å². The number of carbonyl (C=O) groups is 4. The lowest BCUT2D eigenvalue weighted by Crippen LogP contribution is -2.46. The summed E-state index contributed by atoms with van der Waals surface area (Å²) in [5, 5.41) is 15.7. The lowest BCUT2D eigenvalue weighted by Gasteiger charge is -2.30. The van der Waals surface area contributed by atoms with Crippen molar-refractivity contribution in [2.24, 2.45) is 5.11 Å². The van der Waals surface area contributed by atoms with E-state index in [2.05, 4.69) is 5.11 Å². The van der Waals surface area contributed by atoms with Gasteiger partial charge in [0.2, 0.25) is 5.69 Å². The van der Waals surface area contributed by atoms with Crippen LogP contribution in [0.25, 0.3) is 0 Å². The highest BCUT2D eigenvalue weighted by Crippen LogP contribution is 2.17. The van der Waals surface area contributed by atoms with Crippen LogP contribution in [0.3, 0.4) is 0 Å². The monoisotopic (exact) mass is 436 g/mol. The summed E-state index contributed by atoms with van der Waals surface area (Å²) in [4.78, 5) is 46.2. The molecule has 0 heterocycles. The topological polar surface area (TPSA) is 144 Å². The van der Waals surface area contributed by atoms with E-state index in [0.29, 0.717) is 4.86 Å². The van der Waals surface area contributed by atoms with E-state index in [1.165, 1.54) is 18.2 Å². The largest absolute Gasteiger partial charge is 0.594 e. The van der Waals surface area contributed by atoms with E-state index >= 15 is 0 Å². The Morgan fingerprint density at radius 2 is 1.52 bits per heavy atom. The maximum absolute atomic E-state index is 12.0. The van der Waals surface area contributed by atoms with Gasteiger partial charge in [-0.05, 0) is 6.08 Å². The molecule has 3 unspecified atom stereocenters. The van der Waals surface area contributed by atoms with Crippen LogP contribution in [0.1, 0.15) is 27.7 Å². The second-order valence-electron chi connectivity index (χ2n) is 6.16. The van der Waals surface area contributed by atoms with Crippen LogP contribution in [-0.4, -0.2) is 53.7 Å². The smallest absolute Gasteiger partial charge is 0.303 e. The van der Waals surface area contributed by atoms with Crippen molar-refractivity contribution in [3.63, 3.8) is 0 Å². The number of hydrogen-bond donors (Lipinski definition) is 0. The fraction of sp³-hybridized carbons (Fsp3) is 0.400. The van der Waals surface area contributed by atoms with Gasteiger partial charge >= 0.3 is 23.9 Å². The van der Waals surface area contributed by atoms with E-state index < -0.39 is 48.8 Å². The summed E-state index contributed by atoms with van der Waals surface area (Å²) in [6, 6.07) is 8.09. The van der Waals surface area contributed by atoms with Crippen LogP contribution < -0.4 is 0 Å². The highest BCUT2D eigenvalue weighted by molar-refractivity contribution is 5.69. The summed E-state index contributed by atoms with van der Waals surface area (Å²) >= 11 is 0. The van der Waals surface area contributed by atoms with Gasteiger partial charge in [-0.15, -0.1) is 0 Å². The number of para-hydroxylation sites is 1. The first-order valence-electron chi connectivity index (χ1n) is 9.15. The Morgan fingerprint density at radius 1 is 0.935 bits per heavy atom. The Labute approximate surface area is 178 Å². The lowest BCUT2D eigenvalue weighted by molar-refractivity contribution is -0.436. The highest BCUT2D eigenvalue weighted by Gasteiger charge is 2.36. The Balaban J connectivity index is 3.23. The van der Waals surface area contributed by atoms with Crippen molar-refractivity contribution in [2.75, 3.05) is 6.61 Å². The van der Waals surface area contributed by atoms with Crippen molar-refractivity contribution in [3.8, 4) is 0 Å². The fourth-order valence-electron chi connectivity index (χ4n) is 2.37. The predicted octanol–water partition coefficient (Wildman–Crippen LogP) is 2.15. The minimum atomic E-state index is -1.38. The maximum Gasteiger partial charge on any atom is 0.303 e. The van der Waals surface area contributed by atoms with Gasteiger partial charge in [0.15, 0.2) is 18.3 Å². The molecule has 11 nitrogen and oxygen atoms in total. The van der Waals surface area contributed by atoms with Crippen LogP contribution in [0.15, 0.2) is 47.7 Å². The molecular weight excluding hydrogens is 412 g/mol. The number of rotatable bonds is 10. The normalized spacial score (nSPS) is 14.3. The van der Waals surface area contributed by atoms with Gasteiger partial charge in [0.1, 0.15) is 6.61 Å². The molecule has 0 aromatic heterocycles. The van der Waals surface area contributed by atoms with Gasteiger partial charge in [-0.3, -0.25) is 19.2 Å². The SMILES string of the molecule is CC(=O)OCC(OC(C)=O)C(OC(C)=O)C(C=CN=[N+]([O-])c1ccccc1)OC(C)=O. The summed E-state index contributed by atoms with van der Waals surface area (Å²) in [6.45, 7) is 3.98. The minimum Gasteiger partial charge on any atom is -0.594 e. The zero-order valence-corrected chi connectivity index (χ0v) is 17.5. The first-order valence-corrected chi connectivity index (χ1v) is 9.15. The zero-order valence-electron chi connectivity index (χ0n) is 17.5. The van der Waals surface area contributed by atoms with Crippen LogP contribution >= 0.6 is 0 Å². The van der Waals surface area contributed by atoms with E-state index in [4.69, 9.17) is 18.9 Å². The second kappa shape index (κ2) is 12.7. The molecule has 0 aliphatic rings. The summed E-state index contributed by atoms with van der Waals surface area (Å²) in [7, 11) is 0. The van der Waals surface area contributed by atoms with Crippen molar-refractivity contribution >= 4 is 29.6 Å². The summed E-state index contributed by atoms with van der Waals surface area (Å²) in [5.74, 6) is -2.94. The van der Waals surface area contributed by atoms with Gasteiger partial charge in [-0.2, -0.15) is 0 Å². The molecule has 0 saturated heterocycles.